The Bertz CT molecular complexity index is 814. The molecule has 1 aromatic heterocycles. The standard InChI is InChI=1S/C24H32N2O/c1-2-3-6-9-26-21-8-5-4-7-20(21)13-22(26)23(27)25-24-14-17-10-18(15-24)12-19(11-17)16-24/h4-5,7-8,13,17-19H,2-3,6,9-12,14-16H2,1H3,(H,25,27). The number of aromatic nitrogens is 1. The number of nitrogens with zero attached hydrogens (tertiary/aromatic N) is 1. The number of carbonyl (C=O) groups excluding carboxylic acids is 1. The molecule has 0 radical (unpaired) electrons. The minimum absolute atomic E-state index is 0.0799. The highest BCUT2D eigenvalue weighted by molar-refractivity contribution is 5.99. The van der Waals surface area contributed by atoms with Gasteiger partial charge in [-0.05, 0) is 74.8 Å². The van der Waals surface area contributed by atoms with Crippen molar-refractivity contribution >= 4 is 16.8 Å². The lowest BCUT2D eigenvalue weighted by atomic mass is 9.53. The highest BCUT2D eigenvalue weighted by atomic mass is 16.2. The van der Waals surface area contributed by atoms with Crippen LogP contribution < -0.4 is 5.32 Å². The van der Waals surface area contributed by atoms with Gasteiger partial charge in [0.25, 0.3) is 5.91 Å². The van der Waals surface area contributed by atoms with E-state index < -0.39 is 0 Å². The summed E-state index contributed by atoms with van der Waals surface area (Å²) in [5.74, 6) is 2.72. The maximum atomic E-state index is 13.4. The molecule has 4 bridgehead atoms. The van der Waals surface area contributed by atoms with Crippen molar-refractivity contribution in [3.8, 4) is 0 Å². The normalized spacial score (nSPS) is 31.5. The number of hydrogen-bond donors (Lipinski definition) is 1. The van der Waals surface area contributed by atoms with E-state index in [0.717, 1.165) is 36.4 Å². The van der Waals surface area contributed by atoms with Crippen molar-refractivity contribution in [2.75, 3.05) is 0 Å². The van der Waals surface area contributed by atoms with Gasteiger partial charge in [-0.15, -0.1) is 0 Å². The summed E-state index contributed by atoms with van der Waals surface area (Å²) in [6.45, 7) is 3.17. The molecule has 6 rings (SSSR count). The highest BCUT2D eigenvalue weighted by Crippen LogP contribution is 2.55. The second kappa shape index (κ2) is 6.68. The minimum atomic E-state index is 0.0799. The van der Waals surface area contributed by atoms with E-state index in [1.165, 1.54) is 62.3 Å². The molecule has 27 heavy (non-hydrogen) atoms. The smallest absolute Gasteiger partial charge is 0.268 e. The Kier molecular flexibility index (Phi) is 4.29. The van der Waals surface area contributed by atoms with Crippen molar-refractivity contribution in [3.63, 3.8) is 0 Å². The van der Waals surface area contributed by atoms with E-state index in [0.29, 0.717) is 0 Å². The van der Waals surface area contributed by atoms with Gasteiger partial charge in [0.05, 0.1) is 0 Å². The summed E-state index contributed by atoms with van der Waals surface area (Å²) < 4.78 is 2.26. The molecule has 0 saturated heterocycles. The number of rotatable bonds is 6. The van der Waals surface area contributed by atoms with Crippen LogP contribution in [0.4, 0.5) is 0 Å². The van der Waals surface area contributed by atoms with Gasteiger partial charge in [0.2, 0.25) is 0 Å². The first kappa shape index (κ1) is 17.3. The largest absolute Gasteiger partial charge is 0.345 e. The summed E-state index contributed by atoms with van der Waals surface area (Å²) in [4.78, 5) is 13.4. The third-order valence-electron chi connectivity index (χ3n) is 7.45. The second-order valence-corrected chi connectivity index (χ2v) is 9.60. The van der Waals surface area contributed by atoms with E-state index in [-0.39, 0.29) is 11.4 Å². The zero-order chi connectivity index (χ0) is 18.4. The number of benzene rings is 1. The van der Waals surface area contributed by atoms with E-state index in [1.54, 1.807) is 0 Å². The van der Waals surface area contributed by atoms with Crippen molar-refractivity contribution < 1.29 is 4.79 Å². The van der Waals surface area contributed by atoms with Crippen LogP contribution in [0.25, 0.3) is 10.9 Å². The number of unbranched alkanes of at least 4 members (excludes halogenated alkanes) is 2. The van der Waals surface area contributed by atoms with Gasteiger partial charge in [-0.1, -0.05) is 38.0 Å². The molecule has 1 heterocycles. The molecule has 3 heteroatoms. The first-order valence-corrected chi connectivity index (χ1v) is 11.1. The summed E-state index contributed by atoms with van der Waals surface area (Å²) in [6, 6.07) is 10.5. The van der Waals surface area contributed by atoms with Crippen LogP contribution >= 0.6 is 0 Å². The number of aryl methyl sites for hydroxylation is 1. The molecule has 1 amide bonds. The summed E-state index contributed by atoms with van der Waals surface area (Å²) in [5.41, 5.74) is 2.14. The molecule has 3 nitrogen and oxygen atoms in total. The number of amides is 1. The average molecular weight is 365 g/mol. The van der Waals surface area contributed by atoms with Gasteiger partial charge in [0.1, 0.15) is 5.69 Å². The fraction of sp³-hybridized carbons (Fsp3) is 0.625. The van der Waals surface area contributed by atoms with Gasteiger partial charge in [-0.2, -0.15) is 0 Å². The summed E-state index contributed by atoms with van der Waals surface area (Å²) >= 11 is 0. The highest BCUT2D eigenvalue weighted by Gasteiger charge is 2.51. The van der Waals surface area contributed by atoms with E-state index in [2.05, 4.69) is 47.1 Å². The van der Waals surface area contributed by atoms with Crippen molar-refractivity contribution in [2.24, 2.45) is 17.8 Å². The Hall–Kier alpha value is -1.77. The molecule has 144 valence electrons. The van der Waals surface area contributed by atoms with Crippen LogP contribution in [0.1, 0.15) is 75.2 Å². The van der Waals surface area contributed by atoms with Crippen molar-refractivity contribution in [3.05, 3.63) is 36.0 Å². The first-order chi connectivity index (χ1) is 13.2. The van der Waals surface area contributed by atoms with Crippen molar-refractivity contribution in [2.45, 2.75) is 76.8 Å². The number of carbonyl (C=O) groups is 1. The molecule has 4 aliphatic rings. The lowest BCUT2D eigenvalue weighted by molar-refractivity contribution is -0.0168. The second-order valence-electron chi connectivity index (χ2n) is 9.60. The van der Waals surface area contributed by atoms with Gasteiger partial charge < -0.3 is 9.88 Å². The lowest BCUT2D eigenvalue weighted by Crippen LogP contribution is -2.60. The van der Waals surface area contributed by atoms with Crippen molar-refractivity contribution in [1.82, 2.24) is 9.88 Å². The maximum Gasteiger partial charge on any atom is 0.268 e. The third kappa shape index (κ3) is 3.09. The van der Waals surface area contributed by atoms with Crippen LogP contribution in [0.3, 0.4) is 0 Å². The molecule has 1 aromatic carbocycles. The Morgan fingerprint density at radius 2 is 1.74 bits per heavy atom. The van der Waals surface area contributed by atoms with Crippen molar-refractivity contribution in [1.29, 1.82) is 0 Å². The number of hydrogen-bond acceptors (Lipinski definition) is 1. The van der Waals surface area contributed by atoms with Gasteiger partial charge >= 0.3 is 0 Å². The molecule has 0 aliphatic heterocycles. The molecule has 4 fully saturated rings. The van der Waals surface area contributed by atoms with Gasteiger partial charge in [-0.3, -0.25) is 4.79 Å². The quantitative estimate of drug-likeness (QED) is 0.672. The van der Waals surface area contributed by atoms with E-state index in [1.807, 2.05) is 0 Å². The number of fused-ring (bicyclic) bond motifs is 1. The number of nitrogens with one attached hydrogen (secondary N) is 1. The molecule has 4 aliphatic carbocycles. The summed E-state index contributed by atoms with van der Waals surface area (Å²) in [6.07, 6.45) is 11.4. The molecule has 1 N–H and O–H groups in total. The monoisotopic (exact) mass is 364 g/mol. The van der Waals surface area contributed by atoms with Crippen LogP contribution in [-0.2, 0) is 6.54 Å². The number of para-hydroxylation sites is 1. The average Bonchev–Trinajstić information content (AvgIpc) is 2.99. The molecule has 0 spiro atoms. The first-order valence-electron chi connectivity index (χ1n) is 11.1. The van der Waals surface area contributed by atoms with Crippen LogP contribution in [-0.4, -0.2) is 16.0 Å². The zero-order valence-electron chi connectivity index (χ0n) is 16.5. The Morgan fingerprint density at radius 3 is 2.41 bits per heavy atom. The Morgan fingerprint density at radius 1 is 1.07 bits per heavy atom. The summed E-state index contributed by atoms with van der Waals surface area (Å²) in [7, 11) is 0. The Balaban J connectivity index is 1.43. The lowest BCUT2D eigenvalue weighted by Gasteiger charge is -2.56. The Labute approximate surface area is 162 Å². The molecular formula is C24H32N2O. The van der Waals surface area contributed by atoms with Gasteiger partial charge in [0, 0.05) is 23.0 Å². The maximum absolute atomic E-state index is 13.4. The summed E-state index contributed by atoms with van der Waals surface area (Å²) in [5, 5.41) is 4.76. The zero-order valence-corrected chi connectivity index (χ0v) is 16.5. The molecule has 4 saturated carbocycles. The van der Waals surface area contributed by atoms with Gasteiger partial charge in [0.15, 0.2) is 0 Å². The molecule has 0 atom stereocenters. The molecular weight excluding hydrogens is 332 g/mol. The topological polar surface area (TPSA) is 34.0 Å². The van der Waals surface area contributed by atoms with Crippen LogP contribution in [0.15, 0.2) is 30.3 Å². The predicted octanol–water partition coefficient (Wildman–Crippen LogP) is 5.53. The fourth-order valence-corrected chi connectivity index (χ4v) is 6.73. The van der Waals surface area contributed by atoms with Crippen LogP contribution in [0.5, 0.6) is 0 Å². The van der Waals surface area contributed by atoms with Crippen LogP contribution in [0.2, 0.25) is 0 Å². The SMILES string of the molecule is CCCCCn1c(C(=O)NC23CC4CC(CC(C4)C2)C3)cc2ccccc21. The van der Waals surface area contributed by atoms with E-state index in [4.69, 9.17) is 0 Å². The molecule has 0 unspecified atom stereocenters. The third-order valence-corrected chi connectivity index (χ3v) is 7.45. The fourth-order valence-electron chi connectivity index (χ4n) is 6.73. The van der Waals surface area contributed by atoms with Gasteiger partial charge in [-0.25, -0.2) is 0 Å². The minimum Gasteiger partial charge on any atom is -0.345 e. The van der Waals surface area contributed by atoms with Crippen LogP contribution in [0, 0.1) is 17.8 Å². The van der Waals surface area contributed by atoms with E-state index >= 15 is 0 Å². The molecule has 2 aromatic rings. The predicted molar refractivity (Wildman–Crippen MR) is 110 cm³/mol. The van der Waals surface area contributed by atoms with E-state index in [9.17, 15) is 4.79 Å².